The fourth-order valence-corrected chi connectivity index (χ4v) is 1.66. The number of carboxylic acid groups (broad SMARTS) is 1. The number of nitrogens with one attached hydrogen (secondary N) is 1. The van der Waals surface area contributed by atoms with Gasteiger partial charge in [0.05, 0.1) is 0 Å². The molecule has 5 heteroatoms. The molecule has 1 atom stereocenters. The Morgan fingerprint density at radius 2 is 1.79 bits per heavy atom. The molecule has 0 spiro atoms. The monoisotopic (exact) mass is 263 g/mol. The highest BCUT2D eigenvalue weighted by Gasteiger charge is 2.19. The number of carboxylic acids is 1. The van der Waals surface area contributed by atoms with E-state index in [2.05, 4.69) is 5.32 Å². The molecule has 0 aliphatic heterocycles. The number of ketones is 1. The van der Waals surface area contributed by atoms with Crippen LogP contribution >= 0.6 is 0 Å². The number of hydrogen-bond donors (Lipinski definition) is 2. The summed E-state index contributed by atoms with van der Waals surface area (Å²) < 4.78 is 0. The molecule has 2 N–H and O–H groups in total. The highest BCUT2D eigenvalue weighted by Crippen LogP contribution is 2.09. The summed E-state index contributed by atoms with van der Waals surface area (Å²) in [7, 11) is 0. The van der Waals surface area contributed by atoms with Crippen LogP contribution in [0.2, 0.25) is 0 Å². The lowest BCUT2D eigenvalue weighted by molar-refractivity contribution is -0.141. The number of hydrogen-bond acceptors (Lipinski definition) is 3. The number of Topliss-reactive ketones (excluding diaryl/α,β-unsaturated/α-hetero) is 1. The second-order valence-corrected chi connectivity index (χ2v) is 4.42. The Hall–Kier alpha value is -2.17. The van der Waals surface area contributed by atoms with E-state index in [0.717, 1.165) is 5.56 Å². The van der Waals surface area contributed by atoms with Crippen LogP contribution in [0.4, 0.5) is 0 Å². The summed E-state index contributed by atoms with van der Waals surface area (Å²) in [6, 6.07) is 6.07. The molecule has 0 aliphatic carbocycles. The third-order valence-corrected chi connectivity index (χ3v) is 2.71. The van der Waals surface area contributed by atoms with Crippen LogP contribution in [0.5, 0.6) is 0 Å². The topological polar surface area (TPSA) is 83.5 Å². The Morgan fingerprint density at radius 1 is 1.21 bits per heavy atom. The van der Waals surface area contributed by atoms with E-state index in [0.29, 0.717) is 5.56 Å². The summed E-state index contributed by atoms with van der Waals surface area (Å²) in [5.41, 5.74) is 1.61. The van der Waals surface area contributed by atoms with Gasteiger partial charge in [0, 0.05) is 18.9 Å². The zero-order valence-corrected chi connectivity index (χ0v) is 11.0. The predicted molar refractivity (Wildman–Crippen MR) is 70.0 cm³/mol. The highest BCUT2D eigenvalue weighted by molar-refractivity contribution is 5.96. The van der Waals surface area contributed by atoms with Gasteiger partial charge in [-0.2, -0.15) is 0 Å². The van der Waals surface area contributed by atoms with E-state index < -0.39 is 17.9 Å². The van der Waals surface area contributed by atoms with Crippen LogP contribution in [0.3, 0.4) is 0 Å². The predicted octanol–water partition coefficient (Wildman–Crippen LogP) is 1.55. The largest absolute Gasteiger partial charge is 0.480 e. The lowest BCUT2D eigenvalue weighted by Crippen LogP contribution is -2.39. The van der Waals surface area contributed by atoms with Crippen molar-refractivity contribution >= 4 is 17.7 Å². The third kappa shape index (κ3) is 4.91. The van der Waals surface area contributed by atoms with E-state index in [1.54, 1.807) is 12.1 Å². The van der Waals surface area contributed by atoms with Gasteiger partial charge in [-0.1, -0.05) is 29.8 Å². The smallest absolute Gasteiger partial charge is 0.326 e. The maximum absolute atomic E-state index is 11.9. The maximum Gasteiger partial charge on any atom is 0.326 e. The highest BCUT2D eigenvalue weighted by atomic mass is 16.4. The molecule has 0 saturated carbocycles. The van der Waals surface area contributed by atoms with Gasteiger partial charge < -0.3 is 10.4 Å². The first-order valence-corrected chi connectivity index (χ1v) is 6.00. The van der Waals surface area contributed by atoms with Crippen LogP contribution in [0.1, 0.15) is 35.7 Å². The van der Waals surface area contributed by atoms with Crippen molar-refractivity contribution in [2.45, 2.75) is 32.7 Å². The fraction of sp³-hybridized carbons (Fsp3) is 0.357. The van der Waals surface area contributed by atoms with Gasteiger partial charge in [0.1, 0.15) is 6.04 Å². The van der Waals surface area contributed by atoms with Crippen molar-refractivity contribution in [1.82, 2.24) is 5.32 Å². The zero-order valence-electron chi connectivity index (χ0n) is 11.0. The normalized spacial score (nSPS) is 11.7. The molecule has 0 fully saturated rings. The van der Waals surface area contributed by atoms with E-state index in [1.807, 2.05) is 19.1 Å². The van der Waals surface area contributed by atoms with Gasteiger partial charge in [-0.25, -0.2) is 4.79 Å². The minimum absolute atomic E-state index is 0.0836. The van der Waals surface area contributed by atoms with Crippen LogP contribution in [0.15, 0.2) is 24.3 Å². The summed E-state index contributed by atoms with van der Waals surface area (Å²) >= 11 is 0. The quantitative estimate of drug-likeness (QED) is 0.763. The average molecular weight is 263 g/mol. The third-order valence-electron chi connectivity index (χ3n) is 2.71. The van der Waals surface area contributed by atoms with Crippen LogP contribution in [-0.4, -0.2) is 28.8 Å². The van der Waals surface area contributed by atoms with Crippen molar-refractivity contribution in [3.8, 4) is 0 Å². The van der Waals surface area contributed by atoms with Gasteiger partial charge in [0.25, 0.3) is 0 Å². The number of aryl methyl sites for hydroxylation is 1. The number of carbonyl (C=O) groups is 3. The second-order valence-electron chi connectivity index (χ2n) is 4.42. The van der Waals surface area contributed by atoms with Gasteiger partial charge in [0.15, 0.2) is 5.78 Å². The summed E-state index contributed by atoms with van der Waals surface area (Å²) in [4.78, 5) is 33.6. The molecular weight excluding hydrogens is 246 g/mol. The molecule has 1 rings (SSSR count). The molecule has 19 heavy (non-hydrogen) atoms. The number of carbonyl (C=O) groups excluding carboxylic acids is 2. The standard InChI is InChI=1S/C14H17NO4/c1-9-3-5-11(6-4-9)13(17)8-7-12(14(18)19)15-10(2)16/h3-6,12H,7-8H2,1-2H3,(H,15,16)(H,18,19). The van der Waals surface area contributed by atoms with Crippen LogP contribution in [-0.2, 0) is 9.59 Å². The molecule has 0 saturated heterocycles. The lowest BCUT2D eigenvalue weighted by Gasteiger charge is -2.12. The Labute approximate surface area is 111 Å². The summed E-state index contributed by atoms with van der Waals surface area (Å²) in [6.07, 6.45) is 0.169. The molecule has 5 nitrogen and oxygen atoms in total. The molecule has 0 bridgehead atoms. The summed E-state index contributed by atoms with van der Waals surface area (Å²) in [6.45, 7) is 3.17. The van der Waals surface area contributed by atoms with Crippen molar-refractivity contribution < 1.29 is 19.5 Å². The number of benzene rings is 1. The Balaban J connectivity index is 2.59. The molecule has 1 aromatic carbocycles. The maximum atomic E-state index is 11.9. The van der Waals surface area contributed by atoms with Gasteiger partial charge in [-0.05, 0) is 13.3 Å². The first-order chi connectivity index (χ1) is 8.90. The van der Waals surface area contributed by atoms with Crippen molar-refractivity contribution in [2.75, 3.05) is 0 Å². The van der Waals surface area contributed by atoms with Crippen molar-refractivity contribution in [1.29, 1.82) is 0 Å². The van der Waals surface area contributed by atoms with Crippen LogP contribution in [0, 0.1) is 6.92 Å². The minimum Gasteiger partial charge on any atom is -0.480 e. The average Bonchev–Trinajstić information content (AvgIpc) is 2.34. The second kappa shape index (κ2) is 6.68. The summed E-state index contributed by atoms with van der Waals surface area (Å²) in [5.74, 6) is -1.68. The SMILES string of the molecule is CC(=O)NC(CCC(=O)c1ccc(C)cc1)C(=O)O. The number of aliphatic carboxylic acids is 1. The van der Waals surface area contributed by atoms with E-state index in [4.69, 9.17) is 5.11 Å². The fourth-order valence-electron chi connectivity index (χ4n) is 1.66. The first kappa shape index (κ1) is 14.9. The lowest BCUT2D eigenvalue weighted by atomic mass is 10.0. The van der Waals surface area contributed by atoms with Crippen LogP contribution < -0.4 is 5.32 Å². The molecule has 102 valence electrons. The zero-order chi connectivity index (χ0) is 14.4. The van der Waals surface area contributed by atoms with Crippen molar-refractivity contribution in [3.05, 3.63) is 35.4 Å². The van der Waals surface area contributed by atoms with Crippen LogP contribution in [0.25, 0.3) is 0 Å². The molecule has 0 aromatic heterocycles. The van der Waals surface area contributed by atoms with Gasteiger partial charge in [-0.15, -0.1) is 0 Å². The molecular formula is C14H17NO4. The van der Waals surface area contributed by atoms with E-state index >= 15 is 0 Å². The Morgan fingerprint density at radius 3 is 2.26 bits per heavy atom. The number of rotatable bonds is 6. The molecule has 1 amide bonds. The molecule has 0 radical (unpaired) electrons. The summed E-state index contributed by atoms with van der Waals surface area (Å²) in [5, 5.41) is 11.2. The Bertz CT molecular complexity index is 479. The van der Waals surface area contributed by atoms with Crippen molar-refractivity contribution in [2.24, 2.45) is 0 Å². The first-order valence-electron chi connectivity index (χ1n) is 6.00. The van der Waals surface area contributed by atoms with Gasteiger partial charge >= 0.3 is 5.97 Å². The van der Waals surface area contributed by atoms with E-state index in [1.165, 1.54) is 6.92 Å². The van der Waals surface area contributed by atoms with Crippen molar-refractivity contribution in [3.63, 3.8) is 0 Å². The van der Waals surface area contributed by atoms with E-state index in [9.17, 15) is 14.4 Å². The molecule has 0 aliphatic rings. The molecule has 1 unspecified atom stereocenters. The molecule has 0 heterocycles. The Kier molecular flexibility index (Phi) is 5.23. The van der Waals surface area contributed by atoms with Gasteiger partial charge in [0.2, 0.25) is 5.91 Å². The van der Waals surface area contributed by atoms with E-state index in [-0.39, 0.29) is 18.6 Å². The minimum atomic E-state index is -1.13. The molecule has 1 aromatic rings. The van der Waals surface area contributed by atoms with Gasteiger partial charge in [-0.3, -0.25) is 9.59 Å². The number of amides is 1.